The van der Waals surface area contributed by atoms with E-state index < -0.39 is 0 Å². The van der Waals surface area contributed by atoms with E-state index >= 15 is 0 Å². The van der Waals surface area contributed by atoms with E-state index in [0.29, 0.717) is 0 Å². The summed E-state index contributed by atoms with van der Waals surface area (Å²) in [5.74, 6) is 0. The fraction of sp³-hybridized carbons (Fsp3) is 0.200. The van der Waals surface area contributed by atoms with Gasteiger partial charge in [-0.05, 0) is 55.1 Å². The van der Waals surface area contributed by atoms with Crippen LogP contribution in [0.25, 0.3) is 32.6 Å². The number of hydrogen-bond acceptors (Lipinski definition) is 2. The standard InChI is InChI=1S/C20H20N3S/c1-13-11-18(23(4)21-13)20-17-7-6-16(19-8-5-14(2)24-19)12-15(17)9-10-22(20)3/h5-12H,1-4H3/q+1. The predicted octanol–water partition coefficient (Wildman–Crippen LogP) is 4.41. The lowest BCUT2D eigenvalue weighted by Crippen LogP contribution is -2.31. The molecule has 0 bridgehead atoms. The third kappa shape index (κ3) is 2.43. The van der Waals surface area contributed by atoms with Gasteiger partial charge in [0.15, 0.2) is 6.20 Å². The fourth-order valence-electron chi connectivity index (χ4n) is 3.27. The average Bonchev–Trinajstić information content (AvgIpc) is 3.12. The molecule has 3 aromatic heterocycles. The predicted molar refractivity (Wildman–Crippen MR) is 100 cm³/mol. The summed E-state index contributed by atoms with van der Waals surface area (Å²) in [6.07, 6.45) is 2.13. The summed E-state index contributed by atoms with van der Waals surface area (Å²) < 4.78 is 4.13. The van der Waals surface area contributed by atoms with Gasteiger partial charge in [0.05, 0.1) is 11.1 Å². The molecule has 4 rings (SSSR count). The van der Waals surface area contributed by atoms with Crippen LogP contribution in [-0.4, -0.2) is 9.78 Å². The first-order valence-electron chi connectivity index (χ1n) is 8.03. The number of thiophene rings is 1. The minimum absolute atomic E-state index is 1.04. The van der Waals surface area contributed by atoms with Crippen LogP contribution in [0.2, 0.25) is 0 Å². The maximum Gasteiger partial charge on any atom is 0.238 e. The normalized spacial score (nSPS) is 11.3. The van der Waals surface area contributed by atoms with E-state index in [4.69, 9.17) is 0 Å². The second-order valence-corrected chi connectivity index (χ2v) is 7.57. The number of pyridine rings is 1. The maximum atomic E-state index is 4.51. The van der Waals surface area contributed by atoms with Gasteiger partial charge in [-0.2, -0.15) is 9.67 Å². The van der Waals surface area contributed by atoms with E-state index in [1.54, 1.807) is 0 Å². The Labute approximate surface area is 145 Å². The molecule has 4 aromatic rings. The third-order valence-corrected chi connectivity index (χ3v) is 5.46. The number of aryl methyl sites for hydroxylation is 4. The lowest BCUT2D eigenvalue weighted by molar-refractivity contribution is -0.659. The smallest absolute Gasteiger partial charge is 0.238 e. The summed E-state index contributed by atoms with van der Waals surface area (Å²) in [4.78, 5) is 2.66. The van der Waals surface area contributed by atoms with Crippen LogP contribution in [0.5, 0.6) is 0 Å². The monoisotopic (exact) mass is 334 g/mol. The zero-order valence-corrected chi connectivity index (χ0v) is 15.2. The van der Waals surface area contributed by atoms with Crippen molar-refractivity contribution in [3.63, 3.8) is 0 Å². The SMILES string of the molecule is Cc1cc(-c2c3ccc(-c4ccc(C)s4)cc3cc[n+]2C)n(C)n1. The van der Waals surface area contributed by atoms with Crippen LogP contribution in [0.4, 0.5) is 0 Å². The Balaban J connectivity index is 1.95. The Morgan fingerprint density at radius 1 is 1.04 bits per heavy atom. The van der Waals surface area contributed by atoms with Gasteiger partial charge in [-0.1, -0.05) is 6.07 Å². The van der Waals surface area contributed by atoms with Gasteiger partial charge >= 0.3 is 0 Å². The van der Waals surface area contributed by atoms with E-state index in [0.717, 1.165) is 11.4 Å². The summed E-state index contributed by atoms with van der Waals surface area (Å²) in [5.41, 5.74) is 4.65. The quantitative estimate of drug-likeness (QED) is 0.498. The lowest BCUT2D eigenvalue weighted by Gasteiger charge is -2.07. The largest absolute Gasteiger partial charge is 0.262 e. The van der Waals surface area contributed by atoms with Crippen molar-refractivity contribution >= 4 is 22.1 Å². The van der Waals surface area contributed by atoms with E-state index in [1.165, 1.54) is 31.8 Å². The molecule has 0 N–H and O–H groups in total. The zero-order valence-electron chi connectivity index (χ0n) is 14.4. The van der Waals surface area contributed by atoms with Gasteiger partial charge in [0.2, 0.25) is 5.69 Å². The summed E-state index contributed by atoms with van der Waals surface area (Å²) in [6.45, 7) is 4.18. The maximum absolute atomic E-state index is 4.51. The molecule has 1 aromatic carbocycles. The fourth-order valence-corrected chi connectivity index (χ4v) is 4.13. The Hall–Kier alpha value is -2.46. The first-order chi connectivity index (χ1) is 11.5. The van der Waals surface area contributed by atoms with E-state index in [1.807, 2.05) is 30.0 Å². The van der Waals surface area contributed by atoms with Crippen molar-refractivity contribution in [2.45, 2.75) is 13.8 Å². The van der Waals surface area contributed by atoms with Crippen LogP contribution >= 0.6 is 11.3 Å². The molecule has 0 unspecified atom stereocenters. The van der Waals surface area contributed by atoms with Crippen LogP contribution in [0.15, 0.2) is 48.7 Å². The van der Waals surface area contributed by atoms with Gasteiger partial charge in [0, 0.05) is 22.9 Å². The van der Waals surface area contributed by atoms with Crippen LogP contribution in [0.3, 0.4) is 0 Å². The van der Waals surface area contributed by atoms with Crippen molar-refractivity contribution < 1.29 is 4.57 Å². The molecule has 0 fully saturated rings. The molecule has 0 atom stereocenters. The highest BCUT2D eigenvalue weighted by atomic mass is 32.1. The molecule has 0 saturated heterocycles. The molecule has 3 nitrogen and oxygen atoms in total. The minimum atomic E-state index is 1.04. The van der Waals surface area contributed by atoms with Crippen molar-refractivity contribution in [2.24, 2.45) is 14.1 Å². The average molecular weight is 334 g/mol. The number of aromatic nitrogens is 3. The summed E-state index contributed by atoms with van der Waals surface area (Å²) in [5, 5.41) is 7.01. The zero-order chi connectivity index (χ0) is 16.8. The Morgan fingerprint density at radius 2 is 1.88 bits per heavy atom. The van der Waals surface area contributed by atoms with Crippen molar-refractivity contribution in [1.82, 2.24) is 9.78 Å². The second-order valence-electron chi connectivity index (χ2n) is 6.28. The molecule has 0 amide bonds. The first kappa shape index (κ1) is 15.1. The molecular formula is C20H20N3S+. The molecule has 0 saturated carbocycles. The molecule has 0 spiro atoms. The highest BCUT2D eigenvalue weighted by molar-refractivity contribution is 7.15. The van der Waals surface area contributed by atoms with Crippen molar-refractivity contribution in [3.05, 3.63) is 59.2 Å². The van der Waals surface area contributed by atoms with E-state index in [2.05, 4.69) is 72.3 Å². The Bertz CT molecular complexity index is 1060. The van der Waals surface area contributed by atoms with Crippen LogP contribution in [-0.2, 0) is 14.1 Å². The first-order valence-corrected chi connectivity index (χ1v) is 8.85. The number of nitrogens with zero attached hydrogens (tertiary/aromatic N) is 3. The van der Waals surface area contributed by atoms with Crippen LogP contribution in [0, 0.1) is 13.8 Å². The molecule has 0 aliphatic rings. The number of fused-ring (bicyclic) bond motifs is 1. The molecule has 0 radical (unpaired) electrons. The number of benzene rings is 1. The Morgan fingerprint density at radius 3 is 2.54 bits per heavy atom. The molecule has 0 aliphatic heterocycles. The summed E-state index contributed by atoms with van der Waals surface area (Å²) in [6, 6.07) is 15.5. The second kappa shape index (κ2) is 5.56. The molecule has 4 heteroatoms. The molecule has 0 aliphatic carbocycles. The Kier molecular flexibility index (Phi) is 3.50. The highest BCUT2D eigenvalue weighted by Gasteiger charge is 2.19. The molecular weight excluding hydrogens is 314 g/mol. The molecule has 120 valence electrons. The van der Waals surface area contributed by atoms with Gasteiger partial charge in [-0.25, -0.2) is 0 Å². The van der Waals surface area contributed by atoms with Crippen molar-refractivity contribution in [1.29, 1.82) is 0 Å². The number of rotatable bonds is 2. The van der Waals surface area contributed by atoms with E-state index in [9.17, 15) is 0 Å². The van der Waals surface area contributed by atoms with Gasteiger partial charge in [-0.3, -0.25) is 4.68 Å². The number of hydrogen-bond donors (Lipinski definition) is 0. The van der Waals surface area contributed by atoms with Crippen LogP contribution in [0.1, 0.15) is 10.6 Å². The van der Waals surface area contributed by atoms with Crippen molar-refractivity contribution in [2.75, 3.05) is 0 Å². The lowest BCUT2D eigenvalue weighted by atomic mass is 10.0. The van der Waals surface area contributed by atoms with Crippen molar-refractivity contribution in [3.8, 4) is 21.8 Å². The summed E-state index contributed by atoms with van der Waals surface area (Å²) in [7, 11) is 4.09. The van der Waals surface area contributed by atoms with Gasteiger partial charge in [0.25, 0.3) is 0 Å². The van der Waals surface area contributed by atoms with Gasteiger partial charge in [0.1, 0.15) is 12.7 Å². The third-order valence-electron chi connectivity index (χ3n) is 4.41. The van der Waals surface area contributed by atoms with Gasteiger partial charge in [-0.15, -0.1) is 11.3 Å². The molecule has 3 heterocycles. The highest BCUT2D eigenvalue weighted by Crippen LogP contribution is 2.32. The molecule has 24 heavy (non-hydrogen) atoms. The van der Waals surface area contributed by atoms with Gasteiger partial charge < -0.3 is 0 Å². The van der Waals surface area contributed by atoms with E-state index in [-0.39, 0.29) is 0 Å². The minimum Gasteiger partial charge on any atom is -0.262 e. The summed E-state index contributed by atoms with van der Waals surface area (Å²) >= 11 is 1.84. The van der Waals surface area contributed by atoms with Crippen LogP contribution < -0.4 is 4.57 Å². The topological polar surface area (TPSA) is 21.7 Å².